The first kappa shape index (κ1) is 12.0. The molecule has 2 aromatic rings. The molecule has 1 heterocycles. The Morgan fingerprint density at radius 3 is 3.00 bits per heavy atom. The molecule has 2 rings (SSSR count). The van der Waals surface area contributed by atoms with Gasteiger partial charge in [-0.2, -0.15) is 5.10 Å². The number of aromatic nitrogens is 3. The van der Waals surface area contributed by atoms with Crippen molar-refractivity contribution in [1.82, 2.24) is 20.5 Å². The molecule has 0 aliphatic rings. The van der Waals surface area contributed by atoms with Crippen LogP contribution in [0.25, 0.3) is 0 Å². The lowest BCUT2D eigenvalue weighted by Gasteiger charge is -2.05. The van der Waals surface area contributed by atoms with Crippen molar-refractivity contribution in [2.75, 3.05) is 12.3 Å². The zero-order valence-electron chi connectivity index (χ0n) is 9.48. The highest BCUT2D eigenvalue weighted by Crippen LogP contribution is 2.11. The van der Waals surface area contributed by atoms with Gasteiger partial charge in [-0.25, -0.2) is 9.37 Å². The number of aromatic amines is 1. The molecule has 0 fully saturated rings. The molecule has 0 unspecified atom stereocenters. The van der Waals surface area contributed by atoms with Crippen LogP contribution in [0.15, 0.2) is 24.5 Å². The van der Waals surface area contributed by atoms with Gasteiger partial charge in [0.2, 0.25) is 0 Å². The predicted molar refractivity (Wildman–Crippen MR) is 63.2 cm³/mol. The zero-order chi connectivity index (χ0) is 13.0. The van der Waals surface area contributed by atoms with E-state index in [1.807, 2.05) is 0 Å². The second-order valence-electron chi connectivity index (χ2n) is 3.67. The SMILES string of the molecule is Nc1cc(C(=O)NCCc2ncn[nH]2)ccc1F. The van der Waals surface area contributed by atoms with Crippen LogP contribution in [-0.2, 0) is 6.42 Å². The molecule has 1 aromatic carbocycles. The molecular weight excluding hydrogens is 237 g/mol. The molecular formula is C11H12FN5O. The maximum Gasteiger partial charge on any atom is 0.251 e. The lowest BCUT2D eigenvalue weighted by molar-refractivity contribution is 0.0954. The van der Waals surface area contributed by atoms with Crippen LogP contribution < -0.4 is 11.1 Å². The van der Waals surface area contributed by atoms with Crippen LogP contribution in [0.5, 0.6) is 0 Å². The number of carbonyl (C=O) groups excluding carboxylic acids is 1. The van der Waals surface area contributed by atoms with Gasteiger partial charge in [-0.15, -0.1) is 0 Å². The maximum absolute atomic E-state index is 12.9. The fourth-order valence-corrected chi connectivity index (χ4v) is 1.43. The molecule has 1 amide bonds. The molecule has 0 spiro atoms. The van der Waals surface area contributed by atoms with Crippen molar-refractivity contribution in [3.8, 4) is 0 Å². The predicted octanol–water partition coefficient (Wildman–Crippen LogP) is 0.498. The highest BCUT2D eigenvalue weighted by Gasteiger charge is 2.07. The second-order valence-corrected chi connectivity index (χ2v) is 3.67. The Hall–Kier alpha value is -2.44. The molecule has 0 saturated carbocycles. The Morgan fingerprint density at radius 2 is 2.33 bits per heavy atom. The minimum Gasteiger partial charge on any atom is -0.396 e. The number of carbonyl (C=O) groups is 1. The summed E-state index contributed by atoms with van der Waals surface area (Å²) in [7, 11) is 0. The summed E-state index contributed by atoms with van der Waals surface area (Å²) in [4.78, 5) is 15.6. The van der Waals surface area contributed by atoms with Crippen LogP contribution in [0, 0.1) is 5.82 Å². The van der Waals surface area contributed by atoms with Gasteiger partial charge in [-0.1, -0.05) is 0 Å². The summed E-state index contributed by atoms with van der Waals surface area (Å²) in [6.45, 7) is 0.408. The Labute approximate surface area is 102 Å². The van der Waals surface area contributed by atoms with E-state index in [9.17, 15) is 9.18 Å². The van der Waals surface area contributed by atoms with Crippen molar-refractivity contribution in [3.05, 3.63) is 41.7 Å². The lowest BCUT2D eigenvalue weighted by atomic mass is 10.2. The average Bonchev–Trinajstić information content (AvgIpc) is 2.85. The minimum absolute atomic E-state index is 0.0436. The van der Waals surface area contributed by atoms with Gasteiger partial charge in [0.15, 0.2) is 0 Å². The van der Waals surface area contributed by atoms with Gasteiger partial charge in [-0.05, 0) is 18.2 Å². The third-order valence-electron chi connectivity index (χ3n) is 2.37. The van der Waals surface area contributed by atoms with Gasteiger partial charge in [0.1, 0.15) is 18.0 Å². The smallest absolute Gasteiger partial charge is 0.251 e. The molecule has 0 saturated heterocycles. The van der Waals surface area contributed by atoms with Crippen molar-refractivity contribution in [2.24, 2.45) is 0 Å². The van der Waals surface area contributed by atoms with Crippen LogP contribution in [-0.4, -0.2) is 27.6 Å². The summed E-state index contributed by atoms with van der Waals surface area (Å²) < 4.78 is 12.9. The molecule has 94 valence electrons. The first-order valence-corrected chi connectivity index (χ1v) is 5.34. The minimum atomic E-state index is -0.534. The Morgan fingerprint density at radius 1 is 1.50 bits per heavy atom. The van der Waals surface area contributed by atoms with E-state index in [-0.39, 0.29) is 11.6 Å². The number of nitrogen functional groups attached to an aromatic ring is 1. The third kappa shape index (κ3) is 2.82. The van der Waals surface area contributed by atoms with E-state index in [1.54, 1.807) is 0 Å². The Bertz CT molecular complexity index is 540. The monoisotopic (exact) mass is 249 g/mol. The number of nitrogens with one attached hydrogen (secondary N) is 2. The topological polar surface area (TPSA) is 96.7 Å². The van der Waals surface area contributed by atoms with Crippen LogP contribution in [0.2, 0.25) is 0 Å². The van der Waals surface area contributed by atoms with Gasteiger partial charge in [0, 0.05) is 18.5 Å². The molecule has 1 aromatic heterocycles. The number of nitrogens with two attached hydrogens (primary N) is 1. The molecule has 4 N–H and O–H groups in total. The van der Waals surface area contributed by atoms with E-state index in [0.29, 0.717) is 24.4 Å². The van der Waals surface area contributed by atoms with Crippen molar-refractivity contribution in [2.45, 2.75) is 6.42 Å². The van der Waals surface area contributed by atoms with E-state index in [2.05, 4.69) is 20.5 Å². The van der Waals surface area contributed by atoms with Gasteiger partial charge < -0.3 is 11.1 Å². The van der Waals surface area contributed by atoms with Gasteiger partial charge in [-0.3, -0.25) is 9.89 Å². The standard InChI is InChI=1S/C11H12FN5O/c12-8-2-1-7(5-9(8)13)11(18)14-4-3-10-15-6-16-17-10/h1-2,5-6H,3-4,13H2,(H,14,18)(H,15,16,17). The number of halogens is 1. The molecule has 6 nitrogen and oxygen atoms in total. The van der Waals surface area contributed by atoms with E-state index in [1.165, 1.54) is 24.5 Å². The summed E-state index contributed by atoms with van der Waals surface area (Å²) in [5.74, 6) is -0.150. The molecule has 0 atom stereocenters. The fourth-order valence-electron chi connectivity index (χ4n) is 1.43. The lowest BCUT2D eigenvalue weighted by Crippen LogP contribution is -2.26. The summed E-state index contributed by atoms with van der Waals surface area (Å²) in [6.07, 6.45) is 1.94. The summed E-state index contributed by atoms with van der Waals surface area (Å²) in [6, 6.07) is 3.86. The van der Waals surface area contributed by atoms with Gasteiger partial charge in [0.25, 0.3) is 5.91 Å². The average molecular weight is 249 g/mol. The highest BCUT2D eigenvalue weighted by molar-refractivity contribution is 5.95. The summed E-state index contributed by atoms with van der Waals surface area (Å²) in [5, 5.41) is 9.06. The first-order chi connectivity index (χ1) is 8.66. The Kier molecular flexibility index (Phi) is 3.52. The second kappa shape index (κ2) is 5.26. The van der Waals surface area contributed by atoms with Crippen LogP contribution in [0.3, 0.4) is 0 Å². The van der Waals surface area contributed by atoms with Gasteiger partial charge >= 0.3 is 0 Å². The number of anilines is 1. The Balaban J connectivity index is 1.89. The van der Waals surface area contributed by atoms with Crippen LogP contribution in [0.4, 0.5) is 10.1 Å². The number of rotatable bonds is 4. The number of benzene rings is 1. The molecule has 0 aliphatic carbocycles. The largest absolute Gasteiger partial charge is 0.396 e. The molecule has 18 heavy (non-hydrogen) atoms. The number of nitrogens with zero attached hydrogens (tertiary/aromatic N) is 2. The van der Waals surface area contributed by atoms with Crippen LogP contribution >= 0.6 is 0 Å². The molecule has 0 radical (unpaired) electrons. The van der Waals surface area contributed by atoms with E-state index >= 15 is 0 Å². The number of H-pyrrole nitrogens is 1. The van der Waals surface area contributed by atoms with E-state index < -0.39 is 5.82 Å². The van der Waals surface area contributed by atoms with Crippen molar-refractivity contribution >= 4 is 11.6 Å². The third-order valence-corrected chi connectivity index (χ3v) is 2.37. The van der Waals surface area contributed by atoms with Crippen molar-refractivity contribution in [1.29, 1.82) is 0 Å². The van der Waals surface area contributed by atoms with Crippen LogP contribution in [0.1, 0.15) is 16.2 Å². The summed E-state index contributed by atoms with van der Waals surface area (Å²) >= 11 is 0. The normalized spacial score (nSPS) is 10.3. The zero-order valence-corrected chi connectivity index (χ0v) is 9.48. The fraction of sp³-hybridized carbons (Fsp3) is 0.182. The molecule has 0 bridgehead atoms. The highest BCUT2D eigenvalue weighted by atomic mass is 19.1. The number of hydrogen-bond donors (Lipinski definition) is 3. The van der Waals surface area contributed by atoms with E-state index in [0.717, 1.165) is 0 Å². The molecule has 0 aliphatic heterocycles. The molecule has 7 heteroatoms. The number of amides is 1. The number of hydrogen-bond acceptors (Lipinski definition) is 4. The van der Waals surface area contributed by atoms with Crippen molar-refractivity contribution in [3.63, 3.8) is 0 Å². The van der Waals surface area contributed by atoms with Crippen molar-refractivity contribution < 1.29 is 9.18 Å². The quantitative estimate of drug-likeness (QED) is 0.687. The summed E-state index contributed by atoms with van der Waals surface area (Å²) in [5.41, 5.74) is 5.67. The maximum atomic E-state index is 12.9. The first-order valence-electron chi connectivity index (χ1n) is 5.34. The van der Waals surface area contributed by atoms with E-state index in [4.69, 9.17) is 5.73 Å². The van der Waals surface area contributed by atoms with Gasteiger partial charge in [0.05, 0.1) is 5.69 Å².